The molecule has 6 nitrogen and oxygen atoms in total. The molecule has 0 aliphatic carbocycles. The van der Waals surface area contributed by atoms with Crippen LogP contribution in [0.25, 0.3) is 0 Å². The molecule has 11 heavy (non-hydrogen) atoms. The number of hydrogen-bond donors (Lipinski definition) is 2. The first-order valence-corrected chi connectivity index (χ1v) is 2.77. The van der Waals surface area contributed by atoms with Crippen LogP contribution in [0.15, 0.2) is 0 Å². The predicted molar refractivity (Wildman–Crippen MR) is 35.7 cm³/mol. The molecule has 0 unspecified atom stereocenters. The van der Waals surface area contributed by atoms with E-state index in [0.29, 0.717) is 0 Å². The van der Waals surface area contributed by atoms with Crippen molar-refractivity contribution >= 4 is 11.9 Å². The van der Waals surface area contributed by atoms with Gasteiger partial charge in [0, 0.05) is 7.05 Å². The van der Waals surface area contributed by atoms with Crippen molar-refractivity contribution in [2.24, 2.45) is 5.73 Å². The standard InChI is InChI=1S/C5H8N4O2/c1-9(5(7)11)8-4(10)2-3-6/h2H2,1H3,(H2,7,11)(H,8,10). The summed E-state index contributed by atoms with van der Waals surface area (Å²) in [4.78, 5) is 20.9. The van der Waals surface area contributed by atoms with Crippen molar-refractivity contribution < 1.29 is 9.59 Å². The van der Waals surface area contributed by atoms with Crippen LogP contribution >= 0.6 is 0 Å². The van der Waals surface area contributed by atoms with Crippen molar-refractivity contribution in [3.63, 3.8) is 0 Å². The summed E-state index contributed by atoms with van der Waals surface area (Å²) in [6, 6.07) is 0.840. The zero-order valence-corrected chi connectivity index (χ0v) is 6.00. The smallest absolute Gasteiger partial charge is 0.333 e. The van der Waals surface area contributed by atoms with Gasteiger partial charge in [-0.25, -0.2) is 9.80 Å². The Morgan fingerprint density at radius 2 is 2.27 bits per heavy atom. The van der Waals surface area contributed by atoms with Crippen LogP contribution in [-0.4, -0.2) is 24.0 Å². The minimum absolute atomic E-state index is 0.294. The number of hydrogen-bond acceptors (Lipinski definition) is 3. The van der Waals surface area contributed by atoms with Gasteiger partial charge in [0.1, 0.15) is 6.42 Å². The molecule has 0 aliphatic heterocycles. The molecule has 0 saturated heterocycles. The molecular weight excluding hydrogens is 148 g/mol. The highest BCUT2D eigenvalue weighted by atomic mass is 16.2. The molecule has 0 aromatic carbocycles. The monoisotopic (exact) mass is 156 g/mol. The molecule has 0 radical (unpaired) electrons. The number of urea groups is 1. The van der Waals surface area contributed by atoms with Crippen LogP contribution in [0, 0.1) is 11.3 Å². The molecule has 0 aromatic heterocycles. The van der Waals surface area contributed by atoms with Crippen molar-refractivity contribution in [3.8, 4) is 6.07 Å². The quantitative estimate of drug-likeness (QED) is 0.473. The fourth-order valence-electron chi connectivity index (χ4n) is 0.353. The van der Waals surface area contributed by atoms with Crippen LogP contribution in [0.5, 0.6) is 0 Å². The van der Waals surface area contributed by atoms with Crippen molar-refractivity contribution in [3.05, 3.63) is 0 Å². The third kappa shape index (κ3) is 3.75. The highest BCUT2D eigenvalue weighted by Crippen LogP contribution is 1.78. The van der Waals surface area contributed by atoms with Crippen molar-refractivity contribution in [1.82, 2.24) is 10.4 Å². The van der Waals surface area contributed by atoms with Crippen LogP contribution in [0.4, 0.5) is 4.79 Å². The highest BCUT2D eigenvalue weighted by Gasteiger charge is 2.06. The number of rotatable bonds is 1. The Labute approximate surface area is 63.5 Å². The van der Waals surface area contributed by atoms with Crippen LogP contribution in [0.1, 0.15) is 6.42 Å². The zero-order chi connectivity index (χ0) is 8.85. The summed E-state index contributed by atoms with van der Waals surface area (Å²) in [6.07, 6.45) is -0.294. The number of nitrogens with zero attached hydrogens (tertiary/aromatic N) is 2. The number of carbonyl (C=O) groups excluding carboxylic acids is 2. The Morgan fingerprint density at radius 3 is 2.64 bits per heavy atom. The van der Waals surface area contributed by atoms with Gasteiger partial charge < -0.3 is 5.73 Å². The predicted octanol–water partition coefficient (Wildman–Crippen LogP) is -1.06. The lowest BCUT2D eigenvalue weighted by Gasteiger charge is -2.13. The molecular formula is C5H8N4O2. The molecule has 3 amide bonds. The molecule has 0 aliphatic rings. The normalized spacial score (nSPS) is 8.00. The summed E-state index contributed by atoms with van der Waals surface area (Å²) in [5, 5.41) is 8.85. The van der Waals surface area contributed by atoms with Crippen molar-refractivity contribution in [2.45, 2.75) is 6.42 Å². The second kappa shape index (κ2) is 4.11. The van der Waals surface area contributed by atoms with Gasteiger partial charge in [-0.15, -0.1) is 0 Å². The first kappa shape index (κ1) is 9.23. The molecule has 0 saturated carbocycles. The van der Waals surface area contributed by atoms with E-state index < -0.39 is 11.9 Å². The molecule has 3 N–H and O–H groups in total. The number of nitrogens with two attached hydrogens (primary N) is 1. The molecule has 0 rings (SSSR count). The second-order valence-electron chi connectivity index (χ2n) is 1.77. The lowest BCUT2D eigenvalue weighted by Crippen LogP contribution is -2.45. The molecule has 0 atom stereocenters. The number of hydrazine groups is 1. The molecule has 0 heterocycles. The van der Waals surface area contributed by atoms with E-state index in [-0.39, 0.29) is 6.42 Å². The van der Waals surface area contributed by atoms with Gasteiger partial charge in [0.05, 0.1) is 6.07 Å². The highest BCUT2D eigenvalue weighted by molar-refractivity contribution is 5.81. The van der Waals surface area contributed by atoms with Gasteiger partial charge in [-0.1, -0.05) is 0 Å². The Kier molecular flexibility index (Phi) is 3.45. The first-order chi connectivity index (χ1) is 5.07. The summed E-state index contributed by atoms with van der Waals surface area (Å²) in [5.41, 5.74) is 6.85. The SMILES string of the molecule is CN(NC(=O)CC#N)C(N)=O. The minimum Gasteiger partial charge on any atom is -0.350 e. The minimum atomic E-state index is -0.781. The van der Waals surface area contributed by atoms with Gasteiger partial charge >= 0.3 is 6.03 Å². The van der Waals surface area contributed by atoms with Gasteiger partial charge in [0.2, 0.25) is 0 Å². The third-order valence-electron chi connectivity index (χ3n) is 0.863. The maximum absolute atomic E-state index is 10.6. The van der Waals surface area contributed by atoms with Crippen molar-refractivity contribution in [2.75, 3.05) is 7.05 Å². The molecule has 0 spiro atoms. The largest absolute Gasteiger partial charge is 0.350 e. The van der Waals surface area contributed by atoms with Crippen LogP contribution in [0.3, 0.4) is 0 Å². The van der Waals surface area contributed by atoms with Gasteiger partial charge in [-0.3, -0.25) is 10.2 Å². The number of amides is 3. The van der Waals surface area contributed by atoms with Crippen LogP contribution in [0.2, 0.25) is 0 Å². The first-order valence-electron chi connectivity index (χ1n) is 2.77. The fraction of sp³-hybridized carbons (Fsp3) is 0.400. The maximum atomic E-state index is 10.6. The van der Waals surface area contributed by atoms with E-state index in [1.807, 2.05) is 0 Å². The summed E-state index contributed by atoms with van der Waals surface area (Å²) < 4.78 is 0. The summed E-state index contributed by atoms with van der Waals surface area (Å²) in [7, 11) is 1.29. The lowest BCUT2D eigenvalue weighted by molar-refractivity contribution is -0.123. The van der Waals surface area contributed by atoms with Gasteiger partial charge in [-0.05, 0) is 0 Å². The molecule has 0 fully saturated rings. The number of primary amides is 1. The van der Waals surface area contributed by atoms with E-state index in [2.05, 4.69) is 5.43 Å². The Hall–Kier alpha value is -1.77. The summed E-state index contributed by atoms with van der Waals surface area (Å²) >= 11 is 0. The van der Waals surface area contributed by atoms with E-state index in [0.717, 1.165) is 5.01 Å². The molecule has 0 aromatic rings. The van der Waals surface area contributed by atoms with E-state index in [9.17, 15) is 9.59 Å². The van der Waals surface area contributed by atoms with Gasteiger partial charge in [-0.2, -0.15) is 5.26 Å². The fourth-order valence-corrected chi connectivity index (χ4v) is 0.353. The second-order valence-corrected chi connectivity index (χ2v) is 1.77. The van der Waals surface area contributed by atoms with Crippen molar-refractivity contribution in [1.29, 1.82) is 5.26 Å². The average Bonchev–Trinajstić information content (AvgIpc) is 1.87. The third-order valence-corrected chi connectivity index (χ3v) is 0.863. The van der Waals surface area contributed by atoms with Gasteiger partial charge in [0.25, 0.3) is 5.91 Å². The van der Waals surface area contributed by atoms with Crippen LogP contribution in [-0.2, 0) is 4.79 Å². The molecule has 6 heteroatoms. The average molecular weight is 156 g/mol. The summed E-state index contributed by atoms with van der Waals surface area (Å²) in [6.45, 7) is 0. The molecule has 60 valence electrons. The Bertz CT molecular complexity index is 207. The number of carbonyl (C=O) groups is 2. The number of nitriles is 1. The van der Waals surface area contributed by atoms with E-state index in [4.69, 9.17) is 11.0 Å². The Balaban J connectivity index is 3.77. The Morgan fingerprint density at radius 1 is 1.73 bits per heavy atom. The zero-order valence-electron chi connectivity index (χ0n) is 6.00. The van der Waals surface area contributed by atoms with E-state index >= 15 is 0 Å². The topological polar surface area (TPSA) is 99.2 Å². The maximum Gasteiger partial charge on any atom is 0.333 e. The van der Waals surface area contributed by atoms with Gasteiger partial charge in [0.15, 0.2) is 0 Å². The van der Waals surface area contributed by atoms with E-state index in [1.54, 1.807) is 6.07 Å². The summed E-state index contributed by atoms with van der Waals surface area (Å²) in [5.74, 6) is -0.561. The van der Waals surface area contributed by atoms with E-state index in [1.165, 1.54) is 7.05 Å². The number of nitrogens with one attached hydrogen (secondary N) is 1. The molecule has 0 bridgehead atoms. The van der Waals surface area contributed by atoms with Crippen LogP contribution < -0.4 is 11.2 Å². The lowest BCUT2D eigenvalue weighted by atomic mass is 10.5.